The number of nitrogens with zero attached hydrogens (tertiary/aromatic N) is 1. The number of benzene rings is 2. The van der Waals surface area contributed by atoms with Crippen LogP contribution >= 0.6 is 11.3 Å². The highest BCUT2D eigenvalue weighted by Crippen LogP contribution is 2.36. The quantitative estimate of drug-likeness (QED) is 0.312. The smallest absolute Gasteiger partial charge is 0.416 e. The largest absolute Gasteiger partial charge is 0.491 e. The molecule has 0 aliphatic carbocycles. The van der Waals surface area contributed by atoms with Gasteiger partial charge in [0.25, 0.3) is 0 Å². The van der Waals surface area contributed by atoms with Crippen molar-refractivity contribution in [3.8, 4) is 16.3 Å². The van der Waals surface area contributed by atoms with Crippen LogP contribution in [0.1, 0.15) is 66.5 Å². The van der Waals surface area contributed by atoms with Crippen LogP contribution in [0.15, 0.2) is 42.5 Å². The molecule has 4 nitrogen and oxygen atoms in total. The molecule has 0 amide bonds. The summed E-state index contributed by atoms with van der Waals surface area (Å²) in [5.74, 6) is 0.922. The number of methoxy groups -OCH3 is 1. The van der Waals surface area contributed by atoms with Gasteiger partial charge in [-0.3, -0.25) is 0 Å². The fraction of sp³-hybridized carbons (Fsp3) is 0.444. The number of ether oxygens (including phenoxy) is 2. The van der Waals surface area contributed by atoms with E-state index in [-0.39, 0.29) is 12.0 Å². The van der Waals surface area contributed by atoms with Gasteiger partial charge in [0.15, 0.2) is 0 Å². The third-order valence-corrected chi connectivity index (χ3v) is 7.02. The van der Waals surface area contributed by atoms with Gasteiger partial charge in [0.1, 0.15) is 17.4 Å². The zero-order chi connectivity index (χ0) is 25.8. The topological polar surface area (TPSA) is 51.6 Å². The van der Waals surface area contributed by atoms with Gasteiger partial charge in [-0.25, -0.2) is 4.98 Å². The number of aliphatic hydroxyl groups is 1. The monoisotopic (exact) mass is 507 g/mol. The molecule has 1 unspecified atom stereocenters. The molecule has 2 aromatic carbocycles. The van der Waals surface area contributed by atoms with E-state index >= 15 is 0 Å². The van der Waals surface area contributed by atoms with Crippen molar-refractivity contribution in [2.45, 2.75) is 64.8 Å². The Morgan fingerprint density at radius 1 is 1.06 bits per heavy atom. The van der Waals surface area contributed by atoms with E-state index in [0.717, 1.165) is 39.6 Å². The first kappa shape index (κ1) is 27.2. The summed E-state index contributed by atoms with van der Waals surface area (Å²) < 4.78 is 49.7. The molecule has 190 valence electrons. The van der Waals surface area contributed by atoms with Crippen molar-refractivity contribution in [1.82, 2.24) is 4.98 Å². The van der Waals surface area contributed by atoms with Crippen LogP contribution in [-0.4, -0.2) is 29.9 Å². The van der Waals surface area contributed by atoms with E-state index in [4.69, 9.17) is 14.5 Å². The number of hydrogen-bond acceptors (Lipinski definition) is 5. The van der Waals surface area contributed by atoms with Crippen molar-refractivity contribution in [2.75, 3.05) is 13.7 Å². The van der Waals surface area contributed by atoms with Crippen LogP contribution in [0.4, 0.5) is 13.2 Å². The molecule has 0 bridgehead atoms. The Morgan fingerprint density at radius 3 is 2.31 bits per heavy atom. The zero-order valence-corrected chi connectivity index (χ0v) is 21.5. The summed E-state index contributed by atoms with van der Waals surface area (Å²) in [5.41, 5.74) is 2.66. The van der Waals surface area contributed by atoms with Crippen LogP contribution < -0.4 is 4.74 Å². The first-order chi connectivity index (χ1) is 16.5. The average Bonchev–Trinajstić information content (AvgIpc) is 3.25. The first-order valence-corrected chi connectivity index (χ1v) is 12.4. The maximum atomic E-state index is 12.9. The molecular weight excluding hydrogens is 475 g/mol. The lowest BCUT2D eigenvalue weighted by atomic mass is 10.00. The Balaban J connectivity index is 1.71. The number of aliphatic hydroxyl groups excluding tert-OH is 1. The molecular formula is C27H32F3NO3S. The first-order valence-electron chi connectivity index (χ1n) is 11.6. The minimum atomic E-state index is -4.36. The van der Waals surface area contributed by atoms with Gasteiger partial charge in [-0.1, -0.05) is 32.0 Å². The summed E-state index contributed by atoms with van der Waals surface area (Å²) in [5, 5.41) is 11.5. The van der Waals surface area contributed by atoms with Gasteiger partial charge in [0, 0.05) is 17.6 Å². The molecule has 0 fully saturated rings. The lowest BCUT2D eigenvalue weighted by Gasteiger charge is -2.16. The average molecular weight is 508 g/mol. The molecule has 3 rings (SSSR count). The molecule has 0 radical (unpaired) electrons. The van der Waals surface area contributed by atoms with E-state index in [1.807, 2.05) is 45.9 Å². The van der Waals surface area contributed by atoms with Gasteiger partial charge in [0.2, 0.25) is 0 Å². The molecule has 0 spiro atoms. The van der Waals surface area contributed by atoms with E-state index in [2.05, 4.69) is 0 Å². The molecule has 1 aromatic heterocycles. The van der Waals surface area contributed by atoms with Crippen LogP contribution in [0.5, 0.6) is 5.75 Å². The minimum Gasteiger partial charge on any atom is -0.491 e. The number of thiazole rings is 1. The molecule has 0 saturated carbocycles. The standard InChI is InChI=1S/C27H32F3NO3S/c1-16(2)25-24(35-26(31-25)19-6-9-21(10-7-19)27(28,29)30)13-11-22(32)20-8-12-23(17(3)14-20)34-15-18(4)33-5/h6-10,12,14,16,18,22,32H,11,13,15H2,1-5H3/t18?,22-/m0/s1. The van der Waals surface area contributed by atoms with E-state index in [1.165, 1.54) is 23.5 Å². The predicted molar refractivity (Wildman–Crippen MR) is 133 cm³/mol. The second-order valence-electron chi connectivity index (χ2n) is 8.99. The molecule has 1 heterocycles. The summed E-state index contributed by atoms with van der Waals surface area (Å²) >= 11 is 1.47. The summed E-state index contributed by atoms with van der Waals surface area (Å²) in [6, 6.07) is 10.8. The van der Waals surface area contributed by atoms with Crippen molar-refractivity contribution >= 4 is 11.3 Å². The molecule has 0 aliphatic heterocycles. The Bertz CT molecular complexity index is 1110. The minimum absolute atomic E-state index is 0.0123. The number of aromatic nitrogens is 1. The Kier molecular flexibility index (Phi) is 8.96. The molecule has 8 heteroatoms. The van der Waals surface area contributed by atoms with E-state index in [9.17, 15) is 18.3 Å². The summed E-state index contributed by atoms with van der Waals surface area (Å²) in [6.07, 6.45) is -3.90. The van der Waals surface area contributed by atoms with Crippen LogP contribution in [-0.2, 0) is 17.3 Å². The second-order valence-corrected chi connectivity index (χ2v) is 10.1. The Morgan fingerprint density at radius 2 is 1.74 bits per heavy atom. The number of alkyl halides is 3. The third kappa shape index (κ3) is 7.06. The van der Waals surface area contributed by atoms with Crippen molar-refractivity contribution in [3.63, 3.8) is 0 Å². The van der Waals surface area contributed by atoms with Gasteiger partial charge in [-0.2, -0.15) is 13.2 Å². The maximum Gasteiger partial charge on any atom is 0.416 e. The molecule has 1 N–H and O–H groups in total. The highest BCUT2D eigenvalue weighted by Gasteiger charge is 2.30. The van der Waals surface area contributed by atoms with Gasteiger partial charge in [-0.15, -0.1) is 11.3 Å². The molecule has 0 aliphatic rings. The van der Waals surface area contributed by atoms with Gasteiger partial charge < -0.3 is 14.6 Å². The predicted octanol–water partition coefficient (Wildman–Crippen LogP) is 7.34. The fourth-order valence-electron chi connectivity index (χ4n) is 3.67. The lowest BCUT2D eigenvalue weighted by Crippen LogP contribution is -2.16. The Hall–Kier alpha value is -2.42. The number of halogens is 3. The highest BCUT2D eigenvalue weighted by atomic mass is 32.1. The van der Waals surface area contributed by atoms with Crippen LogP contribution in [0, 0.1) is 6.92 Å². The van der Waals surface area contributed by atoms with Crippen LogP contribution in [0.2, 0.25) is 0 Å². The van der Waals surface area contributed by atoms with Crippen molar-refractivity contribution < 1.29 is 27.8 Å². The van der Waals surface area contributed by atoms with E-state index < -0.39 is 17.8 Å². The second kappa shape index (κ2) is 11.5. The summed E-state index contributed by atoms with van der Waals surface area (Å²) in [6.45, 7) is 8.40. The number of aryl methyl sites for hydroxylation is 2. The summed E-state index contributed by atoms with van der Waals surface area (Å²) in [7, 11) is 1.64. The van der Waals surface area contributed by atoms with E-state index in [1.54, 1.807) is 7.11 Å². The molecule has 0 saturated heterocycles. The van der Waals surface area contributed by atoms with Crippen molar-refractivity contribution in [3.05, 3.63) is 69.7 Å². The van der Waals surface area contributed by atoms with Gasteiger partial charge in [0.05, 0.1) is 23.5 Å². The highest BCUT2D eigenvalue weighted by molar-refractivity contribution is 7.15. The zero-order valence-electron chi connectivity index (χ0n) is 20.6. The Labute approximate surface area is 208 Å². The summed E-state index contributed by atoms with van der Waals surface area (Å²) in [4.78, 5) is 5.76. The number of rotatable bonds is 10. The molecule has 3 aromatic rings. The van der Waals surface area contributed by atoms with Crippen molar-refractivity contribution in [2.24, 2.45) is 0 Å². The van der Waals surface area contributed by atoms with E-state index in [0.29, 0.717) is 30.0 Å². The van der Waals surface area contributed by atoms with Crippen molar-refractivity contribution in [1.29, 1.82) is 0 Å². The molecule has 35 heavy (non-hydrogen) atoms. The fourth-order valence-corrected chi connectivity index (χ4v) is 4.91. The van der Waals surface area contributed by atoms with Gasteiger partial charge in [-0.05, 0) is 68.0 Å². The number of hydrogen-bond donors (Lipinski definition) is 1. The maximum absolute atomic E-state index is 12.9. The SMILES string of the molecule is COC(C)COc1ccc([C@@H](O)CCc2sc(-c3ccc(C(F)(F)F)cc3)nc2C(C)C)cc1C. The van der Waals surface area contributed by atoms with Gasteiger partial charge >= 0.3 is 6.18 Å². The molecule has 2 atom stereocenters. The van der Waals surface area contributed by atoms with Crippen LogP contribution in [0.3, 0.4) is 0 Å². The normalized spacial score (nSPS) is 13.8. The lowest BCUT2D eigenvalue weighted by molar-refractivity contribution is -0.137. The third-order valence-electron chi connectivity index (χ3n) is 5.84. The van der Waals surface area contributed by atoms with Crippen LogP contribution in [0.25, 0.3) is 10.6 Å².